The van der Waals surface area contributed by atoms with E-state index in [1.165, 1.54) is 29.7 Å². The molecular formula is C35H47N3O7. The Morgan fingerprint density at radius 2 is 1.80 bits per heavy atom. The van der Waals surface area contributed by atoms with E-state index in [-0.39, 0.29) is 17.8 Å². The Labute approximate surface area is 265 Å². The smallest absolute Gasteiger partial charge is 0.303 e. The number of nitrogens with zero attached hydrogens (tertiary/aromatic N) is 3. The number of hydrogen-bond donors (Lipinski definition) is 2. The Kier molecular flexibility index (Phi) is 12.1. The van der Waals surface area contributed by atoms with Gasteiger partial charge in [-0.15, -0.1) is 0 Å². The van der Waals surface area contributed by atoms with Crippen molar-refractivity contribution in [1.82, 2.24) is 14.8 Å². The van der Waals surface area contributed by atoms with Gasteiger partial charge in [0.15, 0.2) is 0 Å². The quantitative estimate of drug-likeness (QED) is 0.280. The first kappa shape index (κ1) is 34.1. The molecule has 2 aliphatic rings. The van der Waals surface area contributed by atoms with Crippen LogP contribution in [-0.4, -0.2) is 70.5 Å². The lowest BCUT2D eigenvalue weighted by atomic mass is 9.73. The van der Waals surface area contributed by atoms with Crippen molar-refractivity contribution in [3.05, 3.63) is 75.7 Å². The molecule has 0 spiro atoms. The van der Waals surface area contributed by atoms with Crippen LogP contribution in [0.4, 0.5) is 0 Å². The van der Waals surface area contributed by atoms with Gasteiger partial charge in [0.1, 0.15) is 0 Å². The fourth-order valence-electron chi connectivity index (χ4n) is 6.49. The molecule has 244 valence electrons. The molecule has 3 heterocycles. The van der Waals surface area contributed by atoms with Gasteiger partial charge < -0.3 is 24.4 Å². The molecule has 45 heavy (non-hydrogen) atoms. The van der Waals surface area contributed by atoms with E-state index >= 15 is 0 Å². The largest absolute Gasteiger partial charge is 0.481 e. The van der Waals surface area contributed by atoms with E-state index in [0.717, 1.165) is 61.5 Å². The summed E-state index contributed by atoms with van der Waals surface area (Å²) in [4.78, 5) is 25.8. The minimum atomic E-state index is -0.833. The lowest BCUT2D eigenvalue weighted by Gasteiger charge is -2.38. The van der Waals surface area contributed by atoms with Crippen LogP contribution in [0.3, 0.4) is 0 Å². The van der Waals surface area contributed by atoms with Gasteiger partial charge >= 0.3 is 5.97 Å². The third kappa shape index (κ3) is 9.37. The van der Waals surface area contributed by atoms with Crippen LogP contribution in [0.2, 0.25) is 0 Å². The number of aromatic nitrogens is 3. The highest BCUT2D eigenvalue weighted by molar-refractivity contribution is 5.68. The number of rotatable bonds is 12. The summed E-state index contributed by atoms with van der Waals surface area (Å²) < 4.78 is 19.2. The van der Waals surface area contributed by atoms with Gasteiger partial charge in [-0.3, -0.25) is 14.6 Å². The maximum Gasteiger partial charge on any atom is 0.303 e. The number of pyridine rings is 1. The van der Waals surface area contributed by atoms with Crippen LogP contribution in [0.15, 0.2) is 36.4 Å². The molecule has 10 nitrogen and oxygen atoms in total. The molecule has 1 aliphatic carbocycles. The summed E-state index contributed by atoms with van der Waals surface area (Å²) in [5.74, 6) is -1.18. The number of carboxylic acid groups (broad SMARTS) is 2. The molecule has 2 N–H and O–H groups in total. The topological polar surface area (TPSA) is 133 Å². The molecule has 0 radical (unpaired) electrons. The maximum absolute atomic E-state index is 12.0. The van der Waals surface area contributed by atoms with Crippen molar-refractivity contribution in [1.29, 1.82) is 0 Å². The minimum Gasteiger partial charge on any atom is -0.481 e. The molecule has 0 amide bonds. The molecule has 0 saturated carbocycles. The highest BCUT2D eigenvalue weighted by atomic mass is 16.5. The normalized spacial score (nSPS) is 16.2. The number of aryl methyl sites for hydroxylation is 4. The Bertz CT molecular complexity index is 1440. The summed E-state index contributed by atoms with van der Waals surface area (Å²) in [5, 5.41) is 21.9. The number of methoxy groups -OCH3 is 1. The van der Waals surface area contributed by atoms with Crippen molar-refractivity contribution < 1.29 is 34.0 Å². The molecule has 1 aromatic carbocycles. The number of carboxylic acids is 2. The molecule has 5 rings (SSSR count). The van der Waals surface area contributed by atoms with Gasteiger partial charge in [0, 0.05) is 69.5 Å². The monoisotopic (exact) mass is 621 g/mol. The van der Waals surface area contributed by atoms with Crippen LogP contribution in [0.1, 0.15) is 84.3 Å². The van der Waals surface area contributed by atoms with Crippen molar-refractivity contribution in [2.24, 2.45) is 7.05 Å². The molecular weight excluding hydrogens is 574 g/mol. The number of aliphatic carboxylic acids is 2. The summed E-state index contributed by atoms with van der Waals surface area (Å²) in [6.07, 6.45) is 7.71. The van der Waals surface area contributed by atoms with Crippen LogP contribution in [0, 0.1) is 6.92 Å². The second kappa shape index (κ2) is 16.0. The van der Waals surface area contributed by atoms with Gasteiger partial charge in [-0.25, -0.2) is 4.68 Å². The molecule has 1 aliphatic heterocycles. The number of benzene rings is 1. The fourth-order valence-corrected chi connectivity index (χ4v) is 6.49. The molecule has 10 heteroatoms. The van der Waals surface area contributed by atoms with Crippen LogP contribution in [0.25, 0.3) is 0 Å². The Hall–Kier alpha value is -3.76. The van der Waals surface area contributed by atoms with E-state index in [4.69, 9.17) is 34.2 Å². The lowest BCUT2D eigenvalue weighted by molar-refractivity contribution is -0.137. The predicted molar refractivity (Wildman–Crippen MR) is 170 cm³/mol. The van der Waals surface area contributed by atoms with Crippen molar-refractivity contribution in [3.8, 4) is 5.88 Å². The highest BCUT2D eigenvalue weighted by Gasteiger charge is 2.35. The number of fused-ring (bicyclic) bond motifs is 1. The lowest BCUT2D eigenvalue weighted by Crippen LogP contribution is -2.38. The zero-order chi connectivity index (χ0) is 32.4. The van der Waals surface area contributed by atoms with Crippen molar-refractivity contribution in [2.45, 2.75) is 83.0 Å². The Balaban J connectivity index is 0.00000109. The van der Waals surface area contributed by atoms with Gasteiger partial charge in [-0.05, 0) is 80.2 Å². The number of carbonyl (C=O) groups is 2. The standard InChI is InChI=1S/C33H43N3O5.C2H4O2/c1-23-8-10-26(33(22-39-3)13-16-40-17-14-33)20-29(23)25(19-32(37)38)18-28-21-31(36(2)35-28)41-15-12-27-11-9-24-6-4-5-7-30(24)34-27;1-2(3)4/h8-11,20-21,25H,4-7,12-19,22H2,1-3H3,(H,37,38);1H3,(H,3,4). The van der Waals surface area contributed by atoms with Crippen LogP contribution in [-0.2, 0) is 57.2 Å². The third-order valence-electron chi connectivity index (χ3n) is 8.81. The van der Waals surface area contributed by atoms with E-state index in [9.17, 15) is 9.90 Å². The van der Waals surface area contributed by atoms with Crippen molar-refractivity contribution in [2.75, 3.05) is 33.5 Å². The first-order chi connectivity index (χ1) is 21.6. The van der Waals surface area contributed by atoms with E-state index in [1.807, 2.05) is 13.1 Å². The van der Waals surface area contributed by atoms with Crippen molar-refractivity contribution >= 4 is 11.9 Å². The van der Waals surface area contributed by atoms with E-state index in [1.54, 1.807) is 11.8 Å². The van der Waals surface area contributed by atoms with Gasteiger partial charge in [0.05, 0.1) is 25.3 Å². The van der Waals surface area contributed by atoms with E-state index < -0.39 is 11.9 Å². The predicted octanol–water partition coefficient (Wildman–Crippen LogP) is 5.21. The van der Waals surface area contributed by atoms with Crippen LogP contribution < -0.4 is 4.74 Å². The molecule has 2 aromatic heterocycles. The van der Waals surface area contributed by atoms with E-state index in [0.29, 0.717) is 38.7 Å². The van der Waals surface area contributed by atoms with Crippen LogP contribution >= 0.6 is 0 Å². The molecule has 1 fully saturated rings. The summed E-state index contributed by atoms with van der Waals surface area (Å²) >= 11 is 0. The summed E-state index contributed by atoms with van der Waals surface area (Å²) in [6, 6.07) is 12.8. The average molecular weight is 622 g/mol. The average Bonchev–Trinajstić information content (AvgIpc) is 3.35. The fraction of sp³-hybridized carbons (Fsp3) is 0.543. The number of ether oxygens (including phenoxy) is 3. The minimum absolute atomic E-state index is 0.0292. The molecule has 1 atom stereocenters. The second-order valence-electron chi connectivity index (χ2n) is 12.2. The van der Waals surface area contributed by atoms with Gasteiger partial charge in [0.25, 0.3) is 5.97 Å². The van der Waals surface area contributed by atoms with E-state index in [2.05, 4.69) is 37.3 Å². The molecule has 0 bridgehead atoms. The summed E-state index contributed by atoms with van der Waals surface area (Å²) in [6.45, 7) is 5.66. The first-order valence-corrected chi connectivity index (χ1v) is 15.8. The van der Waals surface area contributed by atoms with Crippen molar-refractivity contribution in [3.63, 3.8) is 0 Å². The molecule has 1 saturated heterocycles. The zero-order valence-corrected chi connectivity index (χ0v) is 27.0. The Morgan fingerprint density at radius 3 is 2.51 bits per heavy atom. The summed E-state index contributed by atoms with van der Waals surface area (Å²) in [5.41, 5.74) is 7.72. The molecule has 3 aromatic rings. The van der Waals surface area contributed by atoms with Crippen LogP contribution in [0.5, 0.6) is 5.88 Å². The maximum atomic E-state index is 12.0. The molecule has 1 unspecified atom stereocenters. The highest BCUT2D eigenvalue weighted by Crippen LogP contribution is 2.38. The second-order valence-corrected chi connectivity index (χ2v) is 12.2. The van der Waals surface area contributed by atoms with Gasteiger partial charge in [-0.1, -0.05) is 24.3 Å². The first-order valence-electron chi connectivity index (χ1n) is 15.8. The third-order valence-corrected chi connectivity index (χ3v) is 8.81. The zero-order valence-electron chi connectivity index (χ0n) is 27.0. The SMILES string of the molecule is CC(=O)O.COCC1(c2ccc(C)c(C(CC(=O)O)Cc3cc(OCCc4ccc5c(n4)CCCC5)n(C)n3)c2)CCOCC1. The Morgan fingerprint density at radius 1 is 1.07 bits per heavy atom. The number of hydrogen-bond acceptors (Lipinski definition) is 7. The van der Waals surface area contributed by atoms with Gasteiger partial charge in [-0.2, -0.15) is 5.10 Å². The summed E-state index contributed by atoms with van der Waals surface area (Å²) in [7, 11) is 3.61. The van der Waals surface area contributed by atoms with Gasteiger partial charge in [0.2, 0.25) is 5.88 Å².